The van der Waals surface area contributed by atoms with Crippen molar-refractivity contribution in [1.82, 2.24) is 10.6 Å². The number of benzene rings is 1. The molecular weight excluding hydrogens is 284 g/mol. The van der Waals surface area contributed by atoms with Gasteiger partial charge in [-0.2, -0.15) is 0 Å². The molecule has 21 heavy (non-hydrogen) atoms. The van der Waals surface area contributed by atoms with Crippen molar-refractivity contribution in [1.29, 1.82) is 0 Å². The molecule has 0 aliphatic heterocycles. The molecule has 1 aromatic rings. The van der Waals surface area contributed by atoms with Crippen LogP contribution in [0.1, 0.15) is 38.3 Å². The lowest BCUT2D eigenvalue weighted by Crippen LogP contribution is -2.54. The highest BCUT2D eigenvalue weighted by Gasteiger charge is 2.42. The summed E-state index contributed by atoms with van der Waals surface area (Å²) in [5.74, 6) is 0.393. The minimum atomic E-state index is -0.507. The zero-order valence-electron chi connectivity index (χ0n) is 12.8. The molecule has 0 unspecified atom stereocenters. The number of aliphatic hydroxyl groups is 1. The third-order valence-electron chi connectivity index (χ3n) is 4.17. The fourth-order valence-corrected chi connectivity index (χ4v) is 2.87. The number of hydrogen-bond acceptors (Lipinski definition) is 3. The number of nitrogens with one attached hydrogen (secondary N) is 2. The average Bonchev–Trinajstić information content (AvgIpc) is 3.32. The fourth-order valence-electron chi connectivity index (χ4n) is 2.46. The van der Waals surface area contributed by atoms with Gasteiger partial charge < -0.3 is 15.7 Å². The summed E-state index contributed by atoms with van der Waals surface area (Å²) >= 11 is 1.70. The molecule has 3 N–H and O–H groups in total. The highest BCUT2D eigenvalue weighted by Crippen LogP contribution is 2.39. The maximum atomic E-state index is 12.1. The Morgan fingerprint density at radius 1 is 1.43 bits per heavy atom. The van der Waals surface area contributed by atoms with E-state index in [1.165, 1.54) is 4.90 Å². The van der Waals surface area contributed by atoms with E-state index in [1.54, 1.807) is 11.8 Å². The maximum absolute atomic E-state index is 12.1. The van der Waals surface area contributed by atoms with Crippen LogP contribution >= 0.6 is 11.8 Å². The number of carbonyl (C=O) groups is 1. The molecule has 1 fully saturated rings. The van der Waals surface area contributed by atoms with Gasteiger partial charge in [0.05, 0.1) is 18.2 Å². The van der Waals surface area contributed by atoms with E-state index >= 15 is 0 Å². The maximum Gasteiger partial charge on any atom is 0.315 e. The van der Waals surface area contributed by atoms with Crippen LogP contribution in [0.4, 0.5) is 4.79 Å². The van der Waals surface area contributed by atoms with Gasteiger partial charge in [0.2, 0.25) is 0 Å². The third-order valence-corrected chi connectivity index (χ3v) is 4.91. The first-order valence-electron chi connectivity index (χ1n) is 7.32. The van der Waals surface area contributed by atoms with Gasteiger partial charge in [0.1, 0.15) is 0 Å². The van der Waals surface area contributed by atoms with Gasteiger partial charge in [-0.15, -0.1) is 11.8 Å². The van der Waals surface area contributed by atoms with E-state index in [0.717, 1.165) is 18.4 Å². The van der Waals surface area contributed by atoms with E-state index in [-0.39, 0.29) is 18.7 Å². The van der Waals surface area contributed by atoms with E-state index in [4.69, 9.17) is 0 Å². The average molecular weight is 308 g/mol. The van der Waals surface area contributed by atoms with Crippen LogP contribution in [-0.4, -0.2) is 29.5 Å². The first-order valence-corrected chi connectivity index (χ1v) is 8.54. The lowest BCUT2D eigenvalue weighted by Gasteiger charge is -2.29. The third kappa shape index (κ3) is 4.14. The summed E-state index contributed by atoms with van der Waals surface area (Å²) in [6.07, 6.45) is 4.18. The van der Waals surface area contributed by atoms with Crippen molar-refractivity contribution in [2.24, 2.45) is 5.92 Å². The molecule has 0 aromatic heterocycles. The fraction of sp³-hybridized carbons (Fsp3) is 0.562. The van der Waals surface area contributed by atoms with Crippen LogP contribution in [0, 0.1) is 5.92 Å². The molecule has 116 valence electrons. The first kappa shape index (κ1) is 16.2. The smallest absolute Gasteiger partial charge is 0.315 e. The summed E-state index contributed by atoms with van der Waals surface area (Å²) in [4.78, 5) is 13.3. The highest BCUT2D eigenvalue weighted by molar-refractivity contribution is 7.98. The van der Waals surface area contributed by atoms with Crippen LogP contribution in [0.25, 0.3) is 0 Å². The van der Waals surface area contributed by atoms with E-state index in [2.05, 4.69) is 22.8 Å². The number of carbonyl (C=O) groups excluding carboxylic acids is 1. The van der Waals surface area contributed by atoms with Crippen molar-refractivity contribution in [3.63, 3.8) is 0 Å². The molecule has 0 radical (unpaired) electrons. The van der Waals surface area contributed by atoms with Gasteiger partial charge >= 0.3 is 6.03 Å². The molecule has 4 nitrogen and oxygen atoms in total. The molecule has 1 saturated carbocycles. The molecule has 2 rings (SSSR count). The Morgan fingerprint density at radius 2 is 2.05 bits per heavy atom. The predicted octanol–water partition coefficient (Wildman–Crippen LogP) is 2.93. The van der Waals surface area contributed by atoms with Crippen molar-refractivity contribution < 1.29 is 9.90 Å². The standard InChI is InChI=1S/C16H24N2O2S/c1-11(12-4-8-14(21-3)9-5-12)17-15(20)18-16(2,10-19)13-6-7-13/h4-5,8-9,11,13,19H,6-7,10H2,1-3H3,(H2,17,18,20)/t11-,16-/m1/s1. The van der Waals surface area contributed by atoms with Crippen molar-refractivity contribution in [2.75, 3.05) is 12.9 Å². The van der Waals surface area contributed by atoms with Crippen molar-refractivity contribution in [3.8, 4) is 0 Å². The van der Waals surface area contributed by atoms with Crippen molar-refractivity contribution in [2.45, 2.75) is 43.2 Å². The summed E-state index contributed by atoms with van der Waals surface area (Å²) in [5.41, 5.74) is 0.562. The number of hydrogen-bond donors (Lipinski definition) is 3. The van der Waals surface area contributed by atoms with Gasteiger partial charge in [-0.25, -0.2) is 4.79 Å². The summed E-state index contributed by atoms with van der Waals surface area (Å²) in [6, 6.07) is 7.88. The van der Waals surface area contributed by atoms with Gasteiger partial charge in [0.15, 0.2) is 0 Å². The zero-order chi connectivity index (χ0) is 15.5. The Balaban J connectivity index is 1.91. The van der Waals surface area contributed by atoms with E-state index in [0.29, 0.717) is 5.92 Å². The topological polar surface area (TPSA) is 61.4 Å². The molecule has 0 heterocycles. The SMILES string of the molecule is CSc1ccc([C@@H](C)NC(=O)N[C@](C)(CO)C2CC2)cc1. The number of urea groups is 1. The van der Waals surface area contributed by atoms with Gasteiger partial charge in [-0.3, -0.25) is 0 Å². The molecule has 2 atom stereocenters. The first-order chi connectivity index (χ1) is 9.98. The minimum Gasteiger partial charge on any atom is -0.394 e. The molecule has 0 bridgehead atoms. The molecule has 0 saturated heterocycles. The van der Waals surface area contributed by atoms with Crippen LogP contribution in [-0.2, 0) is 0 Å². The van der Waals surface area contributed by atoms with Crippen molar-refractivity contribution >= 4 is 17.8 Å². The zero-order valence-corrected chi connectivity index (χ0v) is 13.7. The largest absolute Gasteiger partial charge is 0.394 e. The van der Waals surface area contributed by atoms with Gasteiger partial charge in [-0.1, -0.05) is 12.1 Å². The second-order valence-electron chi connectivity index (χ2n) is 5.94. The highest BCUT2D eigenvalue weighted by atomic mass is 32.2. The summed E-state index contributed by atoms with van der Waals surface area (Å²) < 4.78 is 0. The Bertz CT molecular complexity index is 488. The lowest BCUT2D eigenvalue weighted by atomic mass is 9.97. The normalized spacial score (nSPS) is 18.7. The molecular formula is C16H24N2O2S. The summed E-state index contributed by atoms with van der Waals surface area (Å²) in [7, 11) is 0. The molecule has 1 aliphatic carbocycles. The van der Waals surface area contributed by atoms with Gasteiger partial charge in [0.25, 0.3) is 0 Å². The lowest BCUT2D eigenvalue weighted by molar-refractivity contribution is 0.154. The predicted molar refractivity (Wildman–Crippen MR) is 86.5 cm³/mol. The molecule has 1 aliphatic rings. The van der Waals surface area contributed by atoms with E-state index in [1.807, 2.05) is 32.2 Å². The van der Waals surface area contributed by atoms with Crippen LogP contribution in [0.2, 0.25) is 0 Å². The number of aliphatic hydroxyl groups excluding tert-OH is 1. The Morgan fingerprint density at radius 3 is 2.52 bits per heavy atom. The van der Waals surface area contributed by atoms with E-state index < -0.39 is 5.54 Å². The summed E-state index contributed by atoms with van der Waals surface area (Å²) in [5, 5.41) is 15.4. The second kappa shape index (κ2) is 6.71. The Kier molecular flexibility index (Phi) is 5.17. The van der Waals surface area contributed by atoms with Crippen LogP contribution in [0.5, 0.6) is 0 Å². The quantitative estimate of drug-likeness (QED) is 0.708. The number of thioether (sulfide) groups is 1. The number of amides is 2. The van der Waals surface area contributed by atoms with Crippen LogP contribution < -0.4 is 10.6 Å². The van der Waals surface area contributed by atoms with Crippen molar-refractivity contribution in [3.05, 3.63) is 29.8 Å². The monoisotopic (exact) mass is 308 g/mol. The number of rotatable bonds is 6. The molecule has 1 aromatic carbocycles. The molecule has 0 spiro atoms. The van der Waals surface area contributed by atoms with Crippen LogP contribution in [0.3, 0.4) is 0 Å². The Labute approximate surface area is 130 Å². The van der Waals surface area contributed by atoms with Gasteiger partial charge in [-0.05, 0) is 56.6 Å². The van der Waals surface area contributed by atoms with E-state index in [9.17, 15) is 9.90 Å². The second-order valence-corrected chi connectivity index (χ2v) is 6.82. The van der Waals surface area contributed by atoms with Crippen LogP contribution in [0.15, 0.2) is 29.2 Å². The summed E-state index contributed by atoms with van der Waals surface area (Å²) in [6.45, 7) is 3.84. The minimum absolute atomic E-state index is 0.0259. The van der Waals surface area contributed by atoms with Gasteiger partial charge in [0, 0.05) is 4.90 Å². The molecule has 5 heteroatoms. The molecule has 2 amide bonds. The Hall–Kier alpha value is -1.20.